The maximum atomic E-state index is 10.8. The van der Waals surface area contributed by atoms with Crippen LogP contribution in [0.4, 0.5) is 0 Å². The SMILES string of the molecule is CC(=O)CCc1cccc(Br)c1C. The number of hydrogen-bond acceptors (Lipinski definition) is 1. The molecular formula is C11H13BrO. The van der Waals surface area contributed by atoms with Crippen molar-refractivity contribution in [3.8, 4) is 0 Å². The van der Waals surface area contributed by atoms with Gasteiger partial charge in [0, 0.05) is 10.9 Å². The lowest BCUT2D eigenvalue weighted by molar-refractivity contribution is -0.116. The molecule has 2 heteroatoms. The summed E-state index contributed by atoms with van der Waals surface area (Å²) in [7, 11) is 0. The molecule has 13 heavy (non-hydrogen) atoms. The van der Waals surface area contributed by atoms with Crippen molar-refractivity contribution in [2.24, 2.45) is 0 Å². The molecule has 0 bridgehead atoms. The molecule has 0 N–H and O–H groups in total. The van der Waals surface area contributed by atoms with Crippen LogP contribution >= 0.6 is 15.9 Å². The Kier molecular flexibility index (Phi) is 3.67. The molecule has 0 saturated carbocycles. The topological polar surface area (TPSA) is 17.1 Å². The largest absolute Gasteiger partial charge is 0.300 e. The quantitative estimate of drug-likeness (QED) is 0.793. The minimum absolute atomic E-state index is 0.249. The second-order valence-electron chi connectivity index (χ2n) is 3.23. The van der Waals surface area contributed by atoms with Crippen LogP contribution < -0.4 is 0 Å². The Hall–Kier alpha value is -0.630. The highest BCUT2D eigenvalue weighted by molar-refractivity contribution is 9.10. The van der Waals surface area contributed by atoms with Crippen LogP contribution in [0.5, 0.6) is 0 Å². The molecule has 70 valence electrons. The predicted molar refractivity (Wildman–Crippen MR) is 57.9 cm³/mol. The van der Waals surface area contributed by atoms with Gasteiger partial charge in [-0.25, -0.2) is 0 Å². The lowest BCUT2D eigenvalue weighted by Crippen LogP contribution is -1.96. The summed E-state index contributed by atoms with van der Waals surface area (Å²) in [5.74, 6) is 0.249. The van der Waals surface area contributed by atoms with E-state index in [1.165, 1.54) is 11.1 Å². The highest BCUT2D eigenvalue weighted by atomic mass is 79.9. The molecular weight excluding hydrogens is 228 g/mol. The normalized spacial score (nSPS) is 10.1. The Morgan fingerprint density at radius 1 is 1.46 bits per heavy atom. The number of aryl methyl sites for hydroxylation is 1. The maximum Gasteiger partial charge on any atom is 0.130 e. The fraction of sp³-hybridized carbons (Fsp3) is 0.364. The third kappa shape index (κ3) is 2.96. The molecule has 0 unspecified atom stereocenters. The van der Waals surface area contributed by atoms with Crippen molar-refractivity contribution in [1.82, 2.24) is 0 Å². The first kappa shape index (κ1) is 10.5. The van der Waals surface area contributed by atoms with Crippen molar-refractivity contribution in [3.05, 3.63) is 33.8 Å². The van der Waals surface area contributed by atoms with Gasteiger partial charge in [0.2, 0.25) is 0 Å². The van der Waals surface area contributed by atoms with Crippen LogP contribution in [-0.2, 0) is 11.2 Å². The summed E-state index contributed by atoms with van der Waals surface area (Å²) < 4.78 is 1.12. The number of carbonyl (C=O) groups is 1. The summed E-state index contributed by atoms with van der Waals surface area (Å²) in [5, 5.41) is 0. The Morgan fingerprint density at radius 3 is 2.77 bits per heavy atom. The van der Waals surface area contributed by atoms with Crippen molar-refractivity contribution in [1.29, 1.82) is 0 Å². The first-order valence-electron chi connectivity index (χ1n) is 4.34. The molecule has 1 rings (SSSR count). The molecule has 0 aromatic heterocycles. The Balaban J connectivity index is 2.77. The number of Topliss-reactive ketones (excluding diaryl/α,β-unsaturated/α-hetero) is 1. The van der Waals surface area contributed by atoms with E-state index in [1.807, 2.05) is 12.1 Å². The van der Waals surface area contributed by atoms with Gasteiger partial charge in [-0.05, 0) is 37.5 Å². The molecule has 0 atom stereocenters. The zero-order valence-corrected chi connectivity index (χ0v) is 9.52. The van der Waals surface area contributed by atoms with Gasteiger partial charge < -0.3 is 4.79 Å². The molecule has 1 aromatic rings. The fourth-order valence-corrected chi connectivity index (χ4v) is 1.64. The number of ketones is 1. The highest BCUT2D eigenvalue weighted by Crippen LogP contribution is 2.20. The van der Waals surface area contributed by atoms with E-state index in [-0.39, 0.29) is 5.78 Å². The van der Waals surface area contributed by atoms with Crippen molar-refractivity contribution < 1.29 is 4.79 Å². The molecule has 0 fully saturated rings. The van der Waals surface area contributed by atoms with Gasteiger partial charge in [-0.15, -0.1) is 0 Å². The van der Waals surface area contributed by atoms with E-state index in [9.17, 15) is 4.79 Å². The van der Waals surface area contributed by atoms with Crippen molar-refractivity contribution >= 4 is 21.7 Å². The van der Waals surface area contributed by atoms with Gasteiger partial charge in [0.05, 0.1) is 0 Å². The first-order valence-corrected chi connectivity index (χ1v) is 5.14. The van der Waals surface area contributed by atoms with E-state index in [4.69, 9.17) is 0 Å². The lowest BCUT2D eigenvalue weighted by atomic mass is 10.0. The van der Waals surface area contributed by atoms with E-state index in [0.29, 0.717) is 6.42 Å². The molecule has 1 aromatic carbocycles. The molecule has 0 amide bonds. The van der Waals surface area contributed by atoms with Gasteiger partial charge in [-0.3, -0.25) is 0 Å². The van der Waals surface area contributed by atoms with Gasteiger partial charge in [0.25, 0.3) is 0 Å². The monoisotopic (exact) mass is 240 g/mol. The van der Waals surface area contributed by atoms with Gasteiger partial charge in [-0.2, -0.15) is 0 Å². The van der Waals surface area contributed by atoms with Crippen LogP contribution in [-0.4, -0.2) is 5.78 Å². The van der Waals surface area contributed by atoms with Gasteiger partial charge >= 0.3 is 0 Å². The number of halogens is 1. The van der Waals surface area contributed by atoms with E-state index in [1.54, 1.807) is 6.92 Å². The Morgan fingerprint density at radius 2 is 2.15 bits per heavy atom. The maximum absolute atomic E-state index is 10.8. The Labute approximate surface area is 87.3 Å². The minimum Gasteiger partial charge on any atom is -0.300 e. The molecule has 0 heterocycles. The standard InChI is InChI=1S/C11H13BrO/c1-8(13)6-7-10-4-3-5-11(12)9(10)2/h3-5H,6-7H2,1-2H3. The van der Waals surface area contributed by atoms with Crippen LogP contribution in [0, 0.1) is 6.92 Å². The van der Waals surface area contributed by atoms with Crippen LogP contribution in [0.15, 0.2) is 22.7 Å². The average Bonchev–Trinajstić information content (AvgIpc) is 2.07. The third-order valence-electron chi connectivity index (χ3n) is 2.13. The molecule has 0 saturated heterocycles. The number of hydrogen-bond donors (Lipinski definition) is 0. The molecule has 0 aliphatic rings. The van der Waals surface area contributed by atoms with E-state index >= 15 is 0 Å². The van der Waals surface area contributed by atoms with Crippen molar-refractivity contribution in [3.63, 3.8) is 0 Å². The second-order valence-corrected chi connectivity index (χ2v) is 4.08. The van der Waals surface area contributed by atoms with Crippen LogP contribution in [0.2, 0.25) is 0 Å². The van der Waals surface area contributed by atoms with Gasteiger partial charge in [-0.1, -0.05) is 28.1 Å². The fourth-order valence-electron chi connectivity index (χ4n) is 1.23. The molecule has 0 spiro atoms. The van der Waals surface area contributed by atoms with Crippen LogP contribution in [0.25, 0.3) is 0 Å². The highest BCUT2D eigenvalue weighted by Gasteiger charge is 2.02. The summed E-state index contributed by atoms with van der Waals surface area (Å²) >= 11 is 3.47. The number of carbonyl (C=O) groups excluding carboxylic acids is 1. The van der Waals surface area contributed by atoms with Gasteiger partial charge in [0.15, 0.2) is 0 Å². The van der Waals surface area contributed by atoms with Crippen molar-refractivity contribution in [2.75, 3.05) is 0 Å². The summed E-state index contributed by atoms with van der Waals surface area (Å²) in [5.41, 5.74) is 2.49. The molecule has 0 aliphatic heterocycles. The molecule has 0 aliphatic carbocycles. The summed E-state index contributed by atoms with van der Waals surface area (Å²) in [4.78, 5) is 10.8. The second kappa shape index (κ2) is 4.56. The molecule has 1 nitrogen and oxygen atoms in total. The lowest BCUT2D eigenvalue weighted by Gasteiger charge is -2.05. The third-order valence-corrected chi connectivity index (χ3v) is 2.99. The van der Waals surface area contributed by atoms with Crippen LogP contribution in [0.1, 0.15) is 24.5 Å². The van der Waals surface area contributed by atoms with Gasteiger partial charge in [0.1, 0.15) is 5.78 Å². The number of benzene rings is 1. The Bertz CT molecular complexity index is 318. The minimum atomic E-state index is 0.249. The van der Waals surface area contributed by atoms with E-state index < -0.39 is 0 Å². The summed E-state index contributed by atoms with van der Waals surface area (Å²) in [6.07, 6.45) is 1.48. The zero-order valence-electron chi connectivity index (χ0n) is 7.93. The van der Waals surface area contributed by atoms with Crippen LogP contribution in [0.3, 0.4) is 0 Å². The van der Waals surface area contributed by atoms with Crippen molar-refractivity contribution in [2.45, 2.75) is 26.7 Å². The smallest absolute Gasteiger partial charge is 0.130 e. The average molecular weight is 241 g/mol. The van der Waals surface area contributed by atoms with E-state index in [2.05, 4.69) is 28.9 Å². The molecule has 0 radical (unpaired) electrons. The first-order chi connectivity index (χ1) is 6.11. The number of rotatable bonds is 3. The van der Waals surface area contributed by atoms with E-state index in [0.717, 1.165) is 10.9 Å². The zero-order chi connectivity index (χ0) is 9.84. The summed E-state index contributed by atoms with van der Waals surface area (Å²) in [6.45, 7) is 3.70. The predicted octanol–water partition coefficient (Wildman–Crippen LogP) is 3.28. The summed E-state index contributed by atoms with van der Waals surface area (Å²) in [6, 6.07) is 6.10.